The van der Waals surface area contributed by atoms with Gasteiger partial charge in [0.1, 0.15) is 0 Å². The molecule has 2 N–H and O–H groups in total. The molecule has 4 saturated carbocycles. The minimum Gasteiger partial charge on any atom is -0.322 e. The molecule has 0 heterocycles. The van der Waals surface area contributed by atoms with Gasteiger partial charge in [0.2, 0.25) is 10.0 Å². The van der Waals surface area contributed by atoms with E-state index >= 15 is 0 Å². The Morgan fingerprint density at radius 2 is 1.59 bits per heavy atom. The number of amides is 1. The number of carbonyl (C=O) groups is 1. The fourth-order valence-electron chi connectivity index (χ4n) is 7.03. The van der Waals surface area contributed by atoms with Gasteiger partial charge in [-0.15, -0.1) is 0 Å². The molecule has 2 aromatic rings. The molecule has 6 heteroatoms. The van der Waals surface area contributed by atoms with E-state index in [0.717, 1.165) is 43.4 Å². The number of anilines is 1. The van der Waals surface area contributed by atoms with Gasteiger partial charge in [0.15, 0.2) is 0 Å². The van der Waals surface area contributed by atoms with Gasteiger partial charge in [0.05, 0.1) is 4.90 Å². The van der Waals surface area contributed by atoms with Crippen molar-refractivity contribution in [3.05, 3.63) is 60.2 Å². The van der Waals surface area contributed by atoms with Crippen molar-refractivity contribution in [2.75, 3.05) is 5.32 Å². The van der Waals surface area contributed by atoms with Crippen LogP contribution in [0.3, 0.4) is 0 Å². The largest absolute Gasteiger partial charge is 0.322 e. The Morgan fingerprint density at radius 3 is 2.19 bits per heavy atom. The highest BCUT2D eigenvalue weighted by atomic mass is 32.2. The molecule has 1 atom stereocenters. The molecule has 0 aromatic heterocycles. The van der Waals surface area contributed by atoms with Crippen LogP contribution in [-0.4, -0.2) is 20.4 Å². The minimum atomic E-state index is -3.72. The molecule has 32 heavy (non-hydrogen) atoms. The van der Waals surface area contributed by atoms with Crippen LogP contribution >= 0.6 is 0 Å². The number of para-hydroxylation sites is 1. The van der Waals surface area contributed by atoms with Crippen molar-refractivity contribution < 1.29 is 13.2 Å². The van der Waals surface area contributed by atoms with Gasteiger partial charge in [-0.2, -0.15) is 0 Å². The monoisotopic (exact) mass is 452 g/mol. The van der Waals surface area contributed by atoms with E-state index in [9.17, 15) is 13.2 Å². The average molecular weight is 453 g/mol. The normalized spacial score (nSPS) is 29.6. The van der Waals surface area contributed by atoms with E-state index in [2.05, 4.69) is 17.0 Å². The van der Waals surface area contributed by atoms with Gasteiger partial charge in [0, 0.05) is 17.3 Å². The molecule has 4 aliphatic carbocycles. The molecule has 1 unspecified atom stereocenters. The Morgan fingerprint density at radius 1 is 0.969 bits per heavy atom. The lowest BCUT2D eigenvalue weighted by atomic mass is 9.47. The van der Waals surface area contributed by atoms with Crippen molar-refractivity contribution in [1.82, 2.24) is 4.72 Å². The molecule has 2 aromatic carbocycles. The standard InChI is InChI=1S/C26H32N2O3S/c1-2-24(26-15-18-11-19(16-26)13-20(12-18)17-26)28-32(30,31)23-10-6-7-21(14-23)25(29)27-22-8-4-3-5-9-22/h3-10,14,18-20,24,28H,2,11-13,15-17H2,1H3,(H,27,29). The van der Waals surface area contributed by atoms with Crippen LogP contribution in [0, 0.1) is 23.2 Å². The van der Waals surface area contributed by atoms with Crippen LogP contribution in [0.1, 0.15) is 62.2 Å². The highest BCUT2D eigenvalue weighted by molar-refractivity contribution is 7.89. The molecule has 0 spiro atoms. The number of hydrogen-bond acceptors (Lipinski definition) is 3. The molecule has 170 valence electrons. The van der Waals surface area contributed by atoms with Gasteiger partial charge in [-0.3, -0.25) is 4.79 Å². The number of hydrogen-bond donors (Lipinski definition) is 2. The van der Waals surface area contributed by atoms with Crippen molar-refractivity contribution in [2.24, 2.45) is 23.2 Å². The predicted octanol–water partition coefficient (Wildman–Crippen LogP) is 5.21. The van der Waals surface area contributed by atoms with Crippen LogP contribution in [0.15, 0.2) is 59.5 Å². The number of benzene rings is 2. The van der Waals surface area contributed by atoms with Crippen molar-refractivity contribution >= 4 is 21.6 Å². The van der Waals surface area contributed by atoms with Crippen molar-refractivity contribution in [2.45, 2.75) is 62.8 Å². The first-order valence-electron chi connectivity index (χ1n) is 11.9. The lowest BCUT2D eigenvalue weighted by Gasteiger charge is -2.59. The molecular formula is C26H32N2O3S. The zero-order valence-electron chi connectivity index (χ0n) is 18.6. The summed E-state index contributed by atoms with van der Waals surface area (Å²) in [7, 11) is -3.72. The summed E-state index contributed by atoms with van der Waals surface area (Å²) in [5.74, 6) is 1.99. The summed E-state index contributed by atoms with van der Waals surface area (Å²) in [6, 6.07) is 15.5. The zero-order chi connectivity index (χ0) is 22.3. The molecule has 4 fully saturated rings. The Labute approximate surface area is 191 Å². The SMILES string of the molecule is CCC(NS(=O)(=O)c1cccc(C(=O)Nc2ccccc2)c1)C12CC3CC(CC(C3)C1)C2. The summed E-state index contributed by atoms with van der Waals surface area (Å²) in [6.07, 6.45) is 8.25. The molecule has 5 nitrogen and oxygen atoms in total. The van der Waals surface area contributed by atoms with E-state index < -0.39 is 10.0 Å². The topological polar surface area (TPSA) is 75.3 Å². The number of rotatable bonds is 7. The van der Waals surface area contributed by atoms with Crippen LogP contribution in [-0.2, 0) is 10.0 Å². The maximum Gasteiger partial charge on any atom is 0.255 e. The van der Waals surface area contributed by atoms with E-state index in [1.54, 1.807) is 30.3 Å². The van der Waals surface area contributed by atoms with Crippen molar-refractivity contribution in [3.63, 3.8) is 0 Å². The van der Waals surface area contributed by atoms with Crippen LogP contribution in [0.25, 0.3) is 0 Å². The Bertz CT molecular complexity index is 1060. The van der Waals surface area contributed by atoms with E-state index in [0.29, 0.717) is 11.3 Å². The molecule has 0 radical (unpaired) electrons. The Balaban J connectivity index is 1.35. The van der Waals surface area contributed by atoms with Crippen LogP contribution in [0.5, 0.6) is 0 Å². The number of nitrogens with one attached hydrogen (secondary N) is 2. The van der Waals surface area contributed by atoms with Crippen LogP contribution < -0.4 is 10.0 Å². The Hall–Kier alpha value is -2.18. The van der Waals surface area contributed by atoms with E-state index in [-0.39, 0.29) is 22.3 Å². The lowest BCUT2D eigenvalue weighted by molar-refractivity contribution is -0.0704. The molecule has 1 amide bonds. The predicted molar refractivity (Wildman–Crippen MR) is 126 cm³/mol. The molecule has 0 saturated heterocycles. The summed E-state index contributed by atoms with van der Waals surface area (Å²) >= 11 is 0. The molecular weight excluding hydrogens is 420 g/mol. The summed E-state index contributed by atoms with van der Waals surface area (Å²) < 4.78 is 29.8. The molecule has 6 rings (SSSR count). The molecule has 4 aliphatic rings. The van der Waals surface area contributed by atoms with Gasteiger partial charge in [-0.1, -0.05) is 31.2 Å². The highest BCUT2D eigenvalue weighted by Crippen LogP contribution is 2.61. The second-order valence-corrected chi connectivity index (χ2v) is 11.9. The zero-order valence-corrected chi connectivity index (χ0v) is 19.4. The van der Waals surface area contributed by atoms with Gasteiger partial charge >= 0.3 is 0 Å². The summed E-state index contributed by atoms with van der Waals surface area (Å²) in [4.78, 5) is 12.8. The van der Waals surface area contributed by atoms with Gasteiger partial charge in [-0.25, -0.2) is 13.1 Å². The average Bonchev–Trinajstić information content (AvgIpc) is 2.77. The second-order valence-electron chi connectivity index (χ2n) is 10.2. The fraction of sp³-hybridized carbons (Fsp3) is 0.500. The van der Waals surface area contributed by atoms with E-state index in [1.165, 1.54) is 25.3 Å². The quantitative estimate of drug-likeness (QED) is 0.605. The summed E-state index contributed by atoms with van der Waals surface area (Å²) in [5, 5.41) is 2.82. The minimum absolute atomic E-state index is 0.0531. The first kappa shape index (κ1) is 21.7. The van der Waals surface area contributed by atoms with Crippen LogP contribution in [0.2, 0.25) is 0 Å². The lowest BCUT2D eigenvalue weighted by Crippen LogP contribution is -2.56. The maximum absolute atomic E-state index is 13.4. The van der Waals surface area contributed by atoms with Gasteiger partial charge in [0.25, 0.3) is 5.91 Å². The number of sulfonamides is 1. The van der Waals surface area contributed by atoms with Crippen LogP contribution in [0.4, 0.5) is 5.69 Å². The van der Waals surface area contributed by atoms with E-state index in [1.807, 2.05) is 18.2 Å². The van der Waals surface area contributed by atoms with Gasteiger partial charge < -0.3 is 5.32 Å². The first-order chi connectivity index (χ1) is 15.4. The third-order valence-corrected chi connectivity index (χ3v) is 9.44. The third-order valence-electron chi connectivity index (χ3n) is 7.97. The second kappa shape index (κ2) is 8.31. The van der Waals surface area contributed by atoms with E-state index in [4.69, 9.17) is 0 Å². The smallest absolute Gasteiger partial charge is 0.255 e. The first-order valence-corrected chi connectivity index (χ1v) is 13.3. The van der Waals surface area contributed by atoms with Gasteiger partial charge in [-0.05, 0) is 98.4 Å². The molecule has 4 bridgehead atoms. The highest BCUT2D eigenvalue weighted by Gasteiger charge is 2.54. The molecule has 0 aliphatic heterocycles. The third kappa shape index (κ3) is 4.11. The Kier molecular flexibility index (Phi) is 5.62. The number of carbonyl (C=O) groups excluding carboxylic acids is 1. The summed E-state index contributed by atoms with van der Waals surface area (Å²) in [6.45, 7) is 2.09. The van der Waals surface area contributed by atoms with Crippen molar-refractivity contribution in [1.29, 1.82) is 0 Å². The summed E-state index contributed by atoms with van der Waals surface area (Å²) in [5.41, 5.74) is 1.11. The fourth-order valence-corrected chi connectivity index (χ4v) is 8.50. The maximum atomic E-state index is 13.4. The van der Waals surface area contributed by atoms with Crippen molar-refractivity contribution in [3.8, 4) is 0 Å².